The van der Waals surface area contributed by atoms with Crippen molar-refractivity contribution in [3.63, 3.8) is 0 Å². The third-order valence-corrected chi connectivity index (χ3v) is 18.6. The average Bonchev–Trinajstić information content (AvgIpc) is 3.68. The standard InChI is InChI=1S/C71H138O17P2/c1-8-10-11-12-13-23-30-38-45-52-68(73)81-59-67(88-71(76)55-48-41-34-33-37-44-51-64(7)9-2)61-86-90(79,80)84-57-65(72)56-83-89(77,78)85-60-66(58-82-69(74)53-46-39-31-26-21-18-17-20-25-29-36-43-50-63(5)6)87-70(75)54-47-40-32-27-22-16-14-15-19-24-28-35-42-49-62(3)4/h62-67,72H,8-61H2,1-7H3,(H,77,78)(H,79,80)/t64?,65-,66-,67-/m1/s1. The fraction of sp³-hybridized carbons (Fsp3) is 0.944. The van der Waals surface area contributed by atoms with Crippen LogP contribution in [0.3, 0.4) is 0 Å². The highest BCUT2D eigenvalue weighted by atomic mass is 31.2. The fourth-order valence-electron chi connectivity index (χ4n) is 10.7. The lowest BCUT2D eigenvalue weighted by atomic mass is 10.00. The fourth-order valence-corrected chi connectivity index (χ4v) is 12.3. The number of esters is 4. The van der Waals surface area contributed by atoms with Crippen LogP contribution in [0.1, 0.15) is 357 Å². The Balaban J connectivity index is 5.24. The number of aliphatic hydroxyl groups excluding tert-OH is 1. The van der Waals surface area contributed by atoms with Crippen molar-refractivity contribution in [2.24, 2.45) is 17.8 Å². The first kappa shape index (κ1) is 88.1. The van der Waals surface area contributed by atoms with Crippen molar-refractivity contribution in [1.82, 2.24) is 0 Å². The predicted molar refractivity (Wildman–Crippen MR) is 363 cm³/mol. The van der Waals surface area contributed by atoms with E-state index >= 15 is 0 Å². The summed E-state index contributed by atoms with van der Waals surface area (Å²) in [6.07, 6.45) is 45.8. The molecule has 0 amide bonds. The van der Waals surface area contributed by atoms with Gasteiger partial charge in [0.2, 0.25) is 0 Å². The second kappa shape index (κ2) is 61.9. The molecule has 0 heterocycles. The molecule has 0 fully saturated rings. The van der Waals surface area contributed by atoms with Gasteiger partial charge < -0.3 is 33.8 Å². The molecule has 0 aliphatic carbocycles. The third kappa shape index (κ3) is 63.5. The Morgan fingerprint density at radius 2 is 0.567 bits per heavy atom. The first-order valence-corrected chi connectivity index (χ1v) is 39.9. The van der Waals surface area contributed by atoms with Crippen molar-refractivity contribution < 1.29 is 80.2 Å². The molecule has 17 nitrogen and oxygen atoms in total. The van der Waals surface area contributed by atoms with Gasteiger partial charge in [-0.25, -0.2) is 9.13 Å². The summed E-state index contributed by atoms with van der Waals surface area (Å²) in [7, 11) is -9.90. The van der Waals surface area contributed by atoms with Crippen LogP contribution in [-0.2, 0) is 65.4 Å². The van der Waals surface area contributed by atoms with Gasteiger partial charge in [0, 0.05) is 25.7 Å². The van der Waals surface area contributed by atoms with Gasteiger partial charge in [0.05, 0.1) is 26.4 Å². The van der Waals surface area contributed by atoms with Crippen LogP contribution in [0.4, 0.5) is 0 Å². The number of carbonyl (C=O) groups excluding carboxylic acids is 4. The van der Waals surface area contributed by atoms with E-state index in [0.29, 0.717) is 25.7 Å². The minimum absolute atomic E-state index is 0.103. The molecule has 3 unspecified atom stereocenters. The molecule has 90 heavy (non-hydrogen) atoms. The smallest absolute Gasteiger partial charge is 0.462 e. The zero-order chi connectivity index (χ0) is 66.6. The van der Waals surface area contributed by atoms with Crippen LogP contribution in [0.15, 0.2) is 0 Å². The largest absolute Gasteiger partial charge is 0.472 e. The summed E-state index contributed by atoms with van der Waals surface area (Å²) >= 11 is 0. The van der Waals surface area contributed by atoms with E-state index in [1.165, 1.54) is 167 Å². The molecule has 0 aromatic rings. The topological polar surface area (TPSA) is 237 Å². The van der Waals surface area contributed by atoms with Crippen LogP contribution in [0.25, 0.3) is 0 Å². The normalized spacial score (nSPS) is 14.5. The molecule has 0 spiro atoms. The maximum atomic E-state index is 13.0. The van der Waals surface area contributed by atoms with E-state index < -0.39 is 97.5 Å². The molecule has 19 heteroatoms. The molecule has 0 aliphatic heterocycles. The lowest BCUT2D eigenvalue weighted by Crippen LogP contribution is -2.30. The van der Waals surface area contributed by atoms with Gasteiger partial charge in [-0.05, 0) is 43.4 Å². The molecule has 0 saturated heterocycles. The number of aliphatic hydroxyl groups is 1. The second-order valence-electron chi connectivity index (χ2n) is 26.8. The molecule has 0 aromatic heterocycles. The lowest BCUT2D eigenvalue weighted by molar-refractivity contribution is -0.161. The Morgan fingerprint density at radius 3 is 0.844 bits per heavy atom. The van der Waals surface area contributed by atoms with Gasteiger partial charge in [0.25, 0.3) is 0 Å². The number of phosphoric ester groups is 2. The lowest BCUT2D eigenvalue weighted by Gasteiger charge is -2.21. The minimum Gasteiger partial charge on any atom is -0.462 e. The summed E-state index contributed by atoms with van der Waals surface area (Å²) in [6.45, 7) is 11.8. The molecule has 3 N–H and O–H groups in total. The van der Waals surface area contributed by atoms with E-state index in [2.05, 4.69) is 48.5 Å². The van der Waals surface area contributed by atoms with Crippen molar-refractivity contribution in [2.75, 3.05) is 39.6 Å². The number of ether oxygens (including phenoxy) is 4. The Kier molecular flexibility index (Phi) is 60.6. The molecule has 6 atom stereocenters. The average molecular weight is 1330 g/mol. The Bertz CT molecular complexity index is 1770. The SMILES string of the molecule is CCCCCCCCCCCC(=O)OC[C@H](COP(=O)(O)OC[C@H](O)COP(=O)(O)OC[C@@H](COC(=O)CCCCCCCCCCCCCCC(C)C)OC(=O)CCCCCCCCCCCCCCCC(C)C)OC(=O)CCCCCCCCC(C)CC. The van der Waals surface area contributed by atoms with Crippen molar-refractivity contribution in [2.45, 2.75) is 375 Å². The number of hydrogen-bond donors (Lipinski definition) is 3. The molecule has 0 aliphatic rings. The van der Waals surface area contributed by atoms with Gasteiger partial charge in [0.1, 0.15) is 19.3 Å². The highest BCUT2D eigenvalue weighted by Crippen LogP contribution is 2.45. The summed E-state index contributed by atoms with van der Waals surface area (Å²) in [5, 5.41) is 10.6. The monoisotopic (exact) mass is 1320 g/mol. The number of phosphoric acid groups is 2. The van der Waals surface area contributed by atoms with Crippen LogP contribution in [-0.4, -0.2) is 96.7 Å². The van der Waals surface area contributed by atoms with Crippen molar-refractivity contribution >= 4 is 39.5 Å². The first-order valence-electron chi connectivity index (χ1n) is 36.9. The maximum absolute atomic E-state index is 13.0. The van der Waals surface area contributed by atoms with Crippen LogP contribution < -0.4 is 0 Å². The Labute approximate surface area is 549 Å². The van der Waals surface area contributed by atoms with Crippen LogP contribution in [0.5, 0.6) is 0 Å². The molecule has 0 radical (unpaired) electrons. The summed E-state index contributed by atoms with van der Waals surface area (Å²) in [4.78, 5) is 72.5. The molecule has 0 rings (SSSR count). The number of hydrogen-bond acceptors (Lipinski definition) is 15. The maximum Gasteiger partial charge on any atom is 0.472 e. The summed E-state index contributed by atoms with van der Waals surface area (Å²) in [6, 6.07) is 0. The van der Waals surface area contributed by atoms with E-state index in [0.717, 1.165) is 108 Å². The van der Waals surface area contributed by atoms with Crippen LogP contribution in [0, 0.1) is 17.8 Å². The van der Waals surface area contributed by atoms with E-state index in [1.807, 2.05) is 0 Å². The highest BCUT2D eigenvalue weighted by Gasteiger charge is 2.30. The van der Waals surface area contributed by atoms with Gasteiger partial charge in [-0.15, -0.1) is 0 Å². The van der Waals surface area contributed by atoms with E-state index in [9.17, 15) is 43.2 Å². The Morgan fingerprint density at radius 1 is 0.322 bits per heavy atom. The molecular formula is C71H138O17P2. The number of unbranched alkanes of at least 4 members (excludes halogenated alkanes) is 36. The zero-order valence-corrected chi connectivity index (χ0v) is 60.4. The molecule has 0 aromatic carbocycles. The minimum atomic E-state index is -4.95. The van der Waals surface area contributed by atoms with Crippen LogP contribution >= 0.6 is 15.6 Å². The second-order valence-corrected chi connectivity index (χ2v) is 29.7. The number of carbonyl (C=O) groups is 4. The zero-order valence-electron chi connectivity index (χ0n) is 58.6. The Hall–Kier alpha value is -1.94. The third-order valence-electron chi connectivity index (χ3n) is 16.7. The quantitative estimate of drug-likeness (QED) is 0.0222. The first-order chi connectivity index (χ1) is 43.3. The van der Waals surface area contributed by atoms with E-state index in [1.54, 1.807) is 0 Å². The molecule has 0 bridgehead atoms. The molecular weight excluding hydrogens is 1190 g/mol. The summed E-state index contributed by atoms with van der Waals surface area (Å²) < 4.78 is 68.3. The molecule has 534 valence electrons. The van der Waals surface area contributed by atoms with Crippen molar-refractivity contribution in [1.29, 1.82) is 0 Å². The van der Waals surface area contributed by atoms with Crippen molar-refractivity contribution in [3.05, 3.63) is 0 Å². The number of rotatable bonds is 69. The van der Waals surface area contributed by atoms with E-state index in [4.69, 9.17) is 37.0 Å². The van der Waals surface area contributed by atoms with Gasteiger partial charge >= 0.3 is 39.5 Å². The van der Waals surface area contributed by atoms with Gasteiger partial charge in [-0.2, -0.15) is 0 Å². The van der Waals surface area contributed by atoms with E-state index in [-0.39, 0.29) is 25.7 Å². The van der Waals surface area contributed by atoms with Crippen LogP contribution in [0.2, 0.25) is 0 Å². The predicted octanol–water partition coefficient (Wildman–Crippen LogP) is 20.2. The van der Waals surface area contributed by atoms with Gasteiger partial charge in [-0.3, -0.25) is 37.3 Å². The van der Waals surface area contributed by atoms with Gasteiger partial charge in [-0.1, -0.05) is 305 Å². The summed E-state index contributed by atoms with van der Waals surface area (Å²) in [5.41, 5.74) is 0. The van der Waals surface area contributed by atoms with Gasteiger partial charge in [0.15, 0.2) is 12.2 Å². The highest BCUT2D eigenvalue weighted by molar-refractivity contribution is 7.47. The summed E-state index contributed by atoms with van der Waals surface area (Å²) in [5.74, 6) is 0.161. The van der Waals surface area contributed by atoms with Crippen molar-refractivity contribution in [3.8, 4) is 0 Å². The molecule has 0 saturated carbocycles.